The second-order valence-electron chi connectivity index (χ2n) is 6.73. The summed E-state index contributed by atoms with van der Waals surface area (Å²) in [6, 6.07) is 13.2. The van der Waals surface area contributed by atoms with E-state index in [0.29, 0.717) is 28.9 Å². The van der Waals surface area contributed by atoms with Crippen molar-refractivity contribution in [3.05, 3.63) is 53.9 Å². The van der Waals surface area contributed by atoms with Crippen molar-refractivity contribution in [3.63, 3.8) is 0 Å². The van der Waals surface area contributed by atoms with Crippen LogP contribution in [-0.4, -0.2) is 27.1 Å². The predicted molar refractivity (Wildman–Crippen MR) is 102 cm³/mol. The summed E-state index contributed by atoms with van der Waals surface area (Å²) in [5.41, 5.74) is 1.17. The maximum absolute atomic E-state index is 12.7. The van der Waals surface area contributed by atoms with Crippen LogP contribution in [0.15, 0.2) is 47.0 Å². The third-order valence-corrected chi connectivity index (χ3v) is 4.57. The number of anilines is 2. The molecule has 2 aromatic heterocycles. The molecule has 0 radical (unpaired) electrons. The lowest BCUT2D eigenvalue weighted by molar-refractivity contribution is 0.0933. The fourth-order valence-corrected chi connectivity index (χ4v) is 3.23. The second-order valence-corrected chi connectivity index (χ2v) is 6.73. The number of aromatic nitrogens is 3. The van der Waals surface area contributed by atoms with Crippen LogP contribution < -0.4 is 10.6 Å². The number of amides is 1. The van der Waals surface area contributed by atoms with E-state index in [4.69, 9.17) is 4.52 Å². The van der Waals surface area contributed by atoms with Crippen LogP contribution >= 0.6 is 0 Å². The lowest BCUT2D eigenvalue weighted by Crippen LogP contribution is -2.33. The van der Waals surface area contributed by atoms with Crippen molar-refractivity contribution in [1.29, 1.82) is 0 Å². The largest absolute Gasteiger partial charge is 0.360 e. The van der Waals surface area contributed by atoms with Gasteiger partial charge in [0.2, 0.25) is 0 Å². The van der Waals surface area contributed by atoms with Crippen molar-refractivity contribution in [2.45, 2.75) is 38.6 Å². The number of hydrogen-bond donors (Lipinski definition) is 2. The Morgan fingerprint density at radius 1 is 1.07 bits per heavy atom. The molecule has 27 heavy (non-hydrogen) atoms. The minimum absolute atomic E-state index is 0.180. The Bertz CT molecular complexity index is 933. The van der Waals surface area contributed by atoms with E-state index in [1.807, 2.05) is 37.3 Å². The molecule has 0 aliphatic heterocycles. The summed E-state index contributed by atoms with van der Waals surface area (Å²) in [6.07, 6.45) is 4.35. The molecule has 0 unspecified atom stereocenters. The van der Waals surface area contributed by atoms with E-state index in [-0.39, 0.29) is 11.9 Å². The summed E-state index contributed by atoms with van der Waals surface area (Å²) in [5, 5.41) is 10.1. The Balaban J connectivity index is 1.66. The van der Waals surface area contributed by atoms with Crippen LogP contribution in [-0.2, 0) is 0 Å². The topological polar surface area (TPSA) is 92.9 Å². The fourth-order valence-electron chi connectivity index (χ4n) is 3.23. The molecule has 4 rings (SSSR count). The van der Waals surface area contributed by atoms with Gasteiger partial charge >= 0.3 is 0 Å². The molecule has 2 N–H and O–H groups in total. The summed E-state index contributed by atoms with van der Waals surface area (Å²) in [4.78, 5) is 21.8. The van der Waals surface area contributed by atoms with Gasteiger partial charge in [0.15, 0.2) is 11.6 Å². The predicted octanol–water partition coefficient (Wildman–Crippen LogP) is 3.86. The maximum Gasteiger partial charge on any atom is 0.270 e. The standard InChI is InChI=1S/C20H21N5O2/c1-13-11-18(25-27-13)23-17-12-16(20(26)21-15-9-5-6-10-15)22-19(24-17)14-7-3-2-4-8-14/h2-4,7-8,11-12,15H,5-6,9-10H2,1H3,(H,21,26)(H,22,23,24,25). The highest BCUT2D eigenvalue weighted by molar-refractivity contribution is 5.93. The molecule has 1 aromatic carbocycles. The number of carbonyl (C=O) groups excluding carboxylic acids is 1. The van der Waals surface area contributed by atoms with Gasteiger partial charge < -0.3 is 15.2 Å². The van der Waals surface area contributed by atoms with E-state index < -0.39 is 0 Å². The number of benzene rings is 1. The van der Waals surface area contributed by atoms with Crippen LogP contribution in [0.4, 0.5) is 11.6 Å². The molecule has 1 fully saturated rings. The Labute approximate surface area is 157 Å². The van der Waals surface area contributed by atoms with Crippen LogP contribution in [0.2, 0.25) is 0 Å². The van der Waals surface area contributed by atoms with E-state index in [2.05, 4.69) is 25.8 Å². The number of aryl methyl sites for hydroxylation is 1. The average Bonchev–Trinajstić information content (AvgIpc) is 3.34. The zero-order valence-electron chi connectivity index (χ0n) is 15.1. The molecule has 1 saturated carbocycles. The zero-order chi connectivity index (χ0) is 18.6. The van der Waals surface area contributed by atoms with Crippen molar-refractivity contribution in [1.82, 2.24) is 20.4 Å². The Morgan fingerprint density at radius 3 is 2.56 bits per heavy atom. The zero-order valence-corrected chi connectivity index (χ0v) is 15.1. The molecule has 7 nitrogen and oxygen atoms in total. The van der Waals surface area contributed by atoms with Crippen molar-refractivity contribution < 1.29 is 9.32 Å². The van der Waals surface area contributed by atoms with E-state index in [0.717, 1.165) is 31.2 Å². The quantitative estimate of drug-likeness (QED) is 0.715. The Hall–Kier alpha value is -3.22. The summed E-state index contributed by atoms with van der Waals surface area (Å²) < 4.78 is 5.08. The van der Waals surface area contributed by atoms with Crippen LogP contribution in [0.1, 0.15) is 41.9 Å². The Kier molecular flexibility index (Phi) is 4.82. The molecule has 1 aliphatic rings. The van der Waals surface area contributed by atoms with Crippen LogP contribution in [0, 0.1) is 6.92 Å². The van der Waals surface area contributed by atoms with Crippen LogP contribution in [0.3, 0.4) is 0 Å². The van der Waals surface area contributed by atoms with E-state index in [1.54, 1.807) is 12.1 Å². The van der Waals surface area contributed by atoms with Gasteiger partial charge in [0, 0.05) is 23.7 Å². The molecule has 3 aromatic rings. The molecule has 1 amide bonds. The SMILES string of the molecule is Cc1cc(Nc2cc(C(=O)NC3CCCC3)nc(-c3ccccc3)n2)no1. The first-order valence-electron chi connectivity index (χ1n) is 9.13. The van der Waals surface area contributed by atoms with Crippen molar-refractivity contribution in [2.24, 2.45) is 0 Å². The monoisotopic (exact) mass is 363 g/mol. The summed E-state index contributed by atoms with van der Waals surface area (Å²) in [6.45, 7) is 1.81. The van der Waals surface area contributed by atoms with E-state index >= 15 is 0 Å². The average molecular weight is 363 g/mol. The first-order chi connectivity index (χ1) is 13.2. The molecule has 0 saturated heterocycles. The van der Waals surface area contributed by atoms with Gasteiger partial charge in [0.1, 0.15) is 17.3 Å². The number of carbonyl (C=O) groups is 1. The van der Waals surface area contributed by atoms with Crippen molar-refractivity contribution in [2.75, 3.05) is 5.32 Å². The fraction of sp³-hybridized carbons (Fsp3) is 0.300. The van der Waals surface area contributed by atoms with Gasteiger partial charge in [-0.05, 0) is 19.8 Å². The minimum Gasteiger partial charge on any atom is -0.360 e. The summed E-state index contributed by atoms with van der Waals surface area (Å²) in [5.74, 6) is 2.02. The number of nitrogens with zero attached hydrogens (tertiary/aromatic N) is 3. The lowest BCUT2D eigenvalue weighted by atomic mass is 10.2. The van der Waals surface area contributed by atoms with Crippen molar-refractivity contribution in [3.8, 4) is 11.4 Å². The highest BCUT2D eigenvalue weighted by Crippen LogP contribution is 2.22. The molecular weight excluding hydrogens is 342 g/mol. The lowest BCUT2D eigenvalue weighted by Gasteiger charge is -2.13. The maximum atomic E-state index is 12.7. The first kappa shape index (κ1) is 17.2. The highest BCUT2D eigenvalue weighted by Gasteiger charge is 2.20. The van der Waals surface area contributed by atoms with Gasteiger partial charge in [-0.25, -0.2) is 9.97 Å². The third kappa shape index (κ3) is 4.13. The number of hydrogen-bond acceptors (Lipinski definition) is 6. The smallest absolute Gasteiger partial charge is 0.270 e. The molecule has 1 aliphatic carbocycles. The summed E-state index contributed by atoms with van der Waals surface area (Å²) in [7, 11) is 0. The molecule has 2 heterocycles. The molecule has 138 valence electrons. The normalized spacial score (nSPS) is 14.3. The Morgan fingerprint density at radius 2 is 1.85 bits per heavy atom. The molecule has 0 atom stereocenters. The molecule has 7 heteroatoms. The molecule has 0 bridgehead atoms. The highest BCUT2D eigenvalue weighted by atomic mass is 16.5. The molecular formula is C20H21N5O2. The minimum atomic E-state index is -0.180. The van der Waals surface area contributed by atoms with Crippen molar-refractivity contribution >= 4 is 17.5 Å². The van der Waals surface area contributed by atoms with Gasteiger partial charge in [0.25, 0.3) is 5.91 Å². The number of nitrogens with one attached hydrogen (secondary N) is 2. The van der Waals surface area contributed by atoms with Gasteiger partial charge in [-0.2, -0.15) is 0 Å². The summed E-state index contributed by atoms with van der Waals surface area (Å²) >= 11 is 0. The van der Waals surface area contributed by atoms with Gasteiger partial charge in [-0.1, -0.05) is 48.3 Å². The third-order valence-electron chi connectivity index (χ3n) is 4.57. The first-order valence-corrected chi connectivity index (χ1v) is 9.13. The van der Waals surface area contributed by atoms with E-state index in [9.17, 15) is 4.79 Å². The number of rotatable bonds is 5. The molecule has 0 spiro atoms. The second kappa shape index (κ2) is 7.57. The van der Waals surface area contributed by atoms with Gasteiger partial charge in [-0.15, -0.1) is 0 Å². The van der Waals surface area contributed by atoms with E-state index in [1.165, 1.54) is 0 Å². The van der Waals surface area contributed by atoms with Gasteiger partial charge in [0.05, 0.1) is 0 Å². The van der Waals surface area contributed by atoms with Gasteiger partial charge in [-0.3, -0.25) is 4.79 Å². The van der Waals surface area contributed by atoms with Crippen LogP contribution in [0.5, 0.6) is 0 Å². The van der Waals surface area contributed by atoms with Crippen LogP contribution in [0.25, 0.3) is 11.4 Å².